The first-order chi connectivity index (χ1) is 9.90. The van der Waals surface area contributed by atoms with E-state index in [1.54, 1.807) is 0 Å². The number of carbonyl (C=O) groups excluding carboxylic acids is 2. The third kappa shape index (κ3) is 4.25. The molecule has 0 heterocycles. The molecule has 1 N–H and O–H groups in total. The van der Waals surface area contributed by atoms with Crippen molar-refractivity contribution in [1.82, 2.24) is 0 Å². The number of aliphatic hydroxyl groups is 1. The highest BCUT2D eigenvalue weighted by molar-refractivity contribution is 5.67. The fraction of sp³-hybridized carbons (Fsp3) is 0.800. The van der Waals surface area contributed by atoms with Gasteiger partial charge in [0, 0.05) is 23.7 Å². The van der Waals surface area contributed by atoms with Crippen molar-refractivity contribution in [2.24, 2.45) is 10.2 Å². The minimum absolute atomic E-state index is 0.0367. The number of hydrogen-bond acceptors (Lipinski definition) is 7. The topological polar surface area (TPSA) is 170 Å². The summed E-state index contributed by atoms with van der Waals surface area (Å²) in [7, 11) is 0. The number of rotatable bonds is 4. The van der Waals surface area contributed by atoms with Crippen LogP contribution in [0.25, 0.3) is 20.9 Å². The van der Waals surface area contributed by atoms with E-state index in [9.17, 15) is 14.7 Å². The maximum absolute atomic E-state index is 11.1. The van der Waals surface area contributed by atoms with Gasteiger partial charge in [0.1, 0.15) is 12.2 Å². The molecule has 5 atom stereocenters. The average Bonchev–Trinajstić information content (AvgIpc) is 2.38. The minimum atomic E-state index is -1.38. The molecule has 1 aliphatic carbocycles. The third-order valence-electron chi connectivity index (χ3n) is 2.92. The molecule has 0 bridgehead atoms. The highest BCUT2D eigenvalue weighted by Gasteiger charge is 2.47. The van der Waals surface area contributed by atoms with Crippen LogP contribution in [0, 0.1) is 0 Å². The molecule has 114 valence electrons. The second-order valence-corrected chi connectivity index (χ2v) is 4.42. The largest absolute Gasteiger partial charge is 0.458 e. The molecule has 0 aliphatic heterocycles. The van der Waals surface area contributed by atoms with Crippen LogP contribution < -0.4 is 0 Å². The molecule has 0 radical (unpaired) electrons. The first-order valence-corrected chi connectivity index (χ1v) is 6.01. The van der Waals surface area contributed by atoms with Gasteiger partial charge < -0.3 is 14.6 Å². The SMILES string of the molecule is CC(=O)OC1[C@@H](OC(C)=O)[C@@H](O)C(N=[N+]=[N-])C[C@H]1N=[N+]=[N-]. The Morgan fingerprint density at radius 2 is 1.52 bits per heavy atom. The van der Waals surface area contributed by atoms with Crippen LogP contribution in [-0.2, 0) is 19.1 Å². The summed E-state index contributed by atoms with van der Waals surface area (Å²) >= 11 is 0. The molecule has 1 fully saturated rings. The summed E-state index contributed by atoms with van der Waals surface area (Å²) in [5.74, 6) is -1.41. The Labute approximate surface area is 119 Å². The molecule has 0 aromatic carbocycles. The predicted octanol–water partition coefficient (Wildman–Crippen LogP) is 0.972. The molecule has 0 spiro atoms. The van der Waals surface area contributed by atoms with Crippen molar-refractivity contribution in [3.05, 3.63) is 20.9 Å². The molecule has 0 aromatic heterocycles. The van der Waals surface area contributed by atoms with Gasteiger partial charge in [0.05, 0.1) is 12.1 Å². The molecular weight excluding hydrogens is 284 g/mol. The Kier molecular flexibility index (Phi) is 5.79. The van der Waals surface area contributed by atoms with E-state index in [4.69, 9.17) is 20.5 Å². The number of hydrogen-bond donors (Lipinski definition) is 1. The van der Waals surface area contributed by atoms with Crippen LogP contribution in [0.3, 0.4) is 0 Å². The van der Waals surface area contributed by atoms with Gasteiger partial charge in [-0.3, -0.25) is 9.59 Å². The van der Waals surface area contributed by atoms with Crippen molar-refractivity contribution in [2.75, 3.05) is 0 Å². The molecule has 0 saturated heterocycles. The Bertz CT molecular complexity index is 512. The highest BCUT2D eigenvalue weighted by Crippen LogP contribution is 2.30. The molecule has 1 aliphatic rings. The van der Waals surface area contributed by atoms with Gasteiger partial charge in [-0.25, -0.2) is 0 Å². The van der Waals surface area contributed by atoms with E-state index in [2.05, 4.69) is 20.1 Å². The fourth-order valence-corrected chi connectivity index (χ4v) is 2.18. The van der Waals surface area contributed by atoms with E-state index in [0.29, 0.717) is 0 Å². The monoisotopic (exact) mass is 298 g/mol. The summed E-state index contributed by atoms with van der Waals surface area (Å²) in [5, 5.41) is 17.0. The zero-order chi connectivity index (χ0) is 16.0. The molecule has 1 rings (SSSR count). The van der Waals surface area contributed by atoms with Crippen LogP contribution in [0.4, 0.5) is 0 Å². The van der Waals surface area contributed by atoms with Gasteiger partial charge in [-0.15, -0.1) is 0 Å². The number of ether oxygens (including phenoxy) is 2. The quantitative estimate of drug-likeness (QED) is 0.352. The Morgan fingerprint density at radius 1 is 1.05 bits per heavy atom. The van der Waals surface area contributed by atoms with Crippen LogP contribution in [0.15, 0.2) is 10.2 Å². The van der Waals surface area contributed by atoms with Gasteiger partial charge in [-0.05, 0) is 17.5 Å². The maximum atomic E-state index is 11.1. The lowest BCUT2D eigenvalue weighted by Gasteiger charge is -2.40. The number of azide groups is 2. The predicted molar refractivity (Wildman–Crippen MR) is 67.6 cm³/mol. The first-order valence-electron chi connectivity index (χ1n) is 6.01. The number of nitrogens with zero attached hydrogens (tertiary/aromatic N) is 6. The lowest BCUT2D eigenvalue weighted by molar-refractivity contribution is -0.184. The molecule has 21 heavy (non-hydrogen) atoms. The van der Waals surface area contributed by atoms with Crippen LogP contribution in [-0.4, -0.2) is 47.4 Å². The van der Waals surface area contributed by atoms with Crippen LogP contribution in [0.1, 0.15) is 20.3 Å². The van der Waals surface area contributed by atoms with E-state index < -0.39 is 42.3 Å². The van der Waals surface area contributed by atoms with Crippen molar-refractivity contribution in [1.29, 1.82) is 0 Å². The van der Waals surface area contributed by atoms with E-state index in [1.165, 1.54) is 0 Å². The van der Waals surface area contributed by atoms with E-state index in [1.807, 2.05) is 0 Å². The smallest absolute Gasteiger partial charge is 0.303 e. The Hall–Kier alpha value is -2.48. The normalized spacial score (nSPS) is 31.3. The number of aliphatic hydroxyl groups excluding tert-OH is 1. The Morgan fingerprint density at radius 3 is 2.00 bits per heavy atom. The van der Waals surface area contributed by atoms with Crippen LogP contribution in [0.5, 0.6) is 0 Å². The molecule has 0 amide bonds. The van der Waals surface area contributed by atoms with Crippen molar-refractivity contribution in [3.8, 4) is 0 Å². The van der Waals surface area contributed by atoms with Crippen LogP contribution >= 0.6 is 0 Å². The molecule has 0 aromatic rings. The van der Waals surface area contributed by atoms with Gasteiger partial charge in [0.2, 0.25) is 0 Å². The summed E-state index contributed by atoms with van der Waals surface area (Å²) in [6.45, 7) is 2.24. The van der Waals surface area contributed by atoms with E-state index >= 15 is 0 Å². The second kappa shape index (κ2) is 7.34. The van der Waals surface area contributed by atoms with Crippen molar-refractivity contribution >= 4 is 11.9 Å². The molecule has 2 unspecified atom stereocenters. The lowest BCUT2D eigenvalue weighted by atomic mass is 9.84. The summed E-state index contributed by atoms with van der Waals surface area (Å²) in [5.41, 5.74) is 17.0. The maximum Gasteiger partial charge on any atom is 0.303 e. The van der Waals surface area contributed by atoms with E-state index in [-0.39, 0.29) is 6.42 Å². The highest BCUT2D eigenvalue weighted by atomic mass is 16.6. The summed E-state index contributed by atoms with van der Waals surface area (Å²) in [4.78, 5) is 27.5. The zero-order valence-corrected chi connectivity index (χ0v) is 11.4. The molecular formula is C10H14N6O5. The standard InChI is InChI=1S/C10H14N6O5/c1-4(17)20-9-7(14-16-12)3-6(13-15-11)8(19)10(9)21-5(2)18/h6-10,19H,3H2,1-2H3/t6?,7-,8+,9?,10+/m1/s1. The average molecular weight is 298 g/mol. The van der Waals surface area contributed by atoms with Crippen molar-refractivity contribution in [3.63, 3.8) is 0 Å². The van der Waals surface area contributed by atoms with Gasteiger partial charge in [-0.1, -0.05) is 10.2 Å². The fourth-order valence-electron chi connectivity index (χ4n) is 2.18. The summed E-state index contributed by atoms with van der Waals surface area (Å²) < 4.78 is 9.93. The molecule has 11 heteroatoms. The zero-order valence-electron chi connectivity index (χ0n) is 11.4. The second-order valence-electron chi connectivity index (χ2n) is 4.42. The van der Waals surface area contributed by atoms with Crippen molar-refractivity contribution < 1.29 is 24.2 Å². The van der Waals surface area contributed by atoms with Crippen LogP contribution in [0.2, 0.25) is 0 Å². The Balaban J connectivity index is 3.17. The van der Waals surface area contributed by atoms with Gasteiger partial charge in [-0.2, -0.15) is 0 Å². The number of carbonyl (C=O) groups is 2. The summed E-state index contributed by atoms with van der Waals surface area (Å²) in [6, 6.07) is -1.90. The minimum Gasteiger partial charge on any atom is -0.458 e. The molecule has 11 nitrogen and oxygen atoms in total. The number of esters is 2. The van der Waals surface area contributed by atoms with Gasteiger partial charge >= 0.3 is 11.9 Å². The first kappa shape index (κ1) is 16.6. The third-order valence-corrected chi connectivity index (χ3v) is 2.92. The lowest BCUT2D eigenvalue weighted by Crippen LogP contribution is -2.57. The molecule has 1 saturated carbocycles. The van der Waals surface area contributed by atoms with Gasteiger partial charge in [0.25, 0.3) is 0 Å². The van der Waals surface area contributed by atoms with Gasteiger partial charge in [0.15, 0.2) is 6.10 Å². The van der Waals surface area contributed by atoms with Crippen molar-refractivity contribution in [2.45, 2.75) is 50.7 Å². The summed E-state index contributed by atoms with van der Waals surface area (Å²) in [6.07, 6.45) is -3.85. The van der Waals surface area contributed by atoms with E-state index in [0.717, 1.165) is 13.8 Å².